The molecule has 4 aromatic rings. The van der Waals surface area contributed by atoms with Crippen LogP contribution in [0.4, 0.5) is 0 Å². The smallest absolute Gasteiger partial charge is 0.343 e. The summed E-state index contributed by atoms with van der Waals surface area (Å²) in [5.74, 6) is 0.452. The van der Waals surface area contributed by atoms with Crippen molar-refractivity contribution in [1.82, 2.24) is 15.1 Å². The number of aryl methyl sites for hydroxylation is 1. The van der Waals surface area contributed by atoms with E-state index in [9.17, 15) is 20.0 Å². The summed E-state index contributed by atoms with van der Waals surface area (Å²) in [5.41, 5.74) is 4.49. The zero-order chi connectivity index (χ0) is 44.9. The molecule has 2 N–H and O–H groups in total. The van der Waals surface area contributed by atoms with Crippen molar-refractivity contribution in [2.45, 2.75) is 74.6 Å². The van der Waals surface area contributed by atoms with Gasteiger partial charge in [0.25, 0.3) is 0 Å². The maximum atomic E-state index is 15.1. The number of benzene rings is 4. The fourth-order valence-corrected chi connectivity index (χ4v) is 13.1. The van der Waals surface area contributed by atoms with E-state index in [1.165, 1.54) is 32.9 Å². The van der Waals surface area contributed by atoms with Crippen molar-refractivity contribution in [1.29, 1.82) is 5.26 Å². The Morgan fingerprint density at radius 1 is 1.00 bits per heavy atom. The van der Waals surface area contributed by atoms with Crippen molar-refractivity contribution in [2.75, 3.05) is 47.0 Å². The standard InChI is InChI=1S/C47H45BrN4O11S/c1-21-12-26-14-29-30(17-49)52-31-18-59-46(56)47(28-16-32(57-5)33(15-24(28)10-11-50-47)63-45(55)25-8-7-9-27(48)13-25)19-64-44(38(52)37(51(29)4)34(26)39(54)40(21)58-6)36-35(31)43-42(60-20-61-43)22(2)41(36)62-23(3)53/h7-9,12-13,15-16,29-31,37-38,44,50,54H,10-11,14,18-20H2,1-6H3/t29-,30-,31-,37+,38+,44+,47+/m0/s1. The Morgan fingerprint density at radius 2 is 1.80 bits per heavy atom. The molecule has 0 aliphatic carbocycles. The van der Waals surface area contributed by atoms with E-state index in [-0.39, 0.29) is 42.4 Å². The van der Waals surface area contributed by atoms with E-state index in [1.54, 1.807) is 30.3 Å². The van der Waals surface area contributed by atoms with Gasteiger partial charge in [0.1, 0.15) is 18.4 Å². The number of hydrogen-bond donors (Lipinski definition) is 2. The second-order valence-electron chi connectivity index (χ2n) is 17.0. The minimum atomic E-state index is -1.45. The Hall–Kier alpha value is -5.51. The number of methoxy groups -OCH3 is 2. The number of hydrogen-bond acceptors (Lipinski definition) is 16. The molecule has 4 aromatic carbocycles. The van der Waals surface area contributed by atoms with Gasteiger partial charge in [-0.25, -0.2) is 9.59 Å². The Labute approximate surface area is 381 Å². The van der Waals surface area contributed by atoms with Crippen molar-refractivity contribution in [3.05, 3.63) is 97.0 Å². The van der Waals surface area contributed by atoms with Crippen LogP contribution in [-0.2, 0) is 32.7 Å². The number of thioether (sulfide) groups is 1. The first-order valence-corrected chi connectivity index (χ1v) is 22.8. The van der Waals surface area contributed by atoms with E-state index in [0.717, 1.165) is 21.2 Å². The molecule has 0 unspecified atom stereocenters. The number of carbonyl (C=O) groups is 3. The van der Waals surface area contributed by atoms with Crippen LogP contribution in [0.25, 0.3) is 0 Å². The van der Waals surface area contributed by atoms with Crippen molar-refractivity contribution in [3.8, 4) is 46.3 Å². The molecule has 0 radical (unpaired) electrons. The van der Waals surface area contributed by atoms with Crippen LogP contribution in [0.5, 0.6) is 40.2 Å². The summed E-state index contributed by atoms with van der Waals surface area (Å²) < 4.78 is 43.3. The Kier molecular flexibility index (Phi) is 10.5. The van der Waals surface area contributed by atoms with E-state index >= 15 is 4.79 Å². The highest BCUT2D eigenvalue weighted by Crippen LogP contribution is 2.64. The molecule has 7 heterocycles. The lowest BCUT2D eigenvalue weighted by Gasteiger charge is -2.62. The number of nitrogens with zero attached hydrogens (tertiary/aromatic N) is 3. The molecule has 17 heteroatoms. The van der Waals surface area contributed by atoms with Crippen molar-refractivity contribution < 1.29 is 52.6 Å². The fourth-order valence-electron chi connectivity index (χ4n) is 11.0. The van der Waals surface area contributed by atoms with Gasteiger partial charge in [-0.2, -0.15) is 5.26 Å². The van der Waals surface area contributed by atoms with Gasteiger partial charge in [-0.1, -0.05) is 28.1 Å². The third-order valence-electron chi connectivity index (χ3n) is 13.7. The number of carbonyl (C=O) groups excluding carboxylic acids is 3. The topological polar surface area (TPSA) is 178 Å². The van der Waals surface area contributed by atoms with Crippen LogP contribution in [0.1, 0.15) is 79.1 Å². The molecule has 7 atom stereocenters. The summed E-state index contributed by atoms with van der Waals surface area (Å²) >= 11 is 4.88. The molecule has 1 spiro atoms. The molecular formula is C47H45BrN4O11S. The molecule has 11 rings (SSSR count). The van der Waals surface area contributed by atoms with Gasteiger partial charge < -0.3 is 38.3 Å². The summed E-state index contributed by atoms with van der Waals surface area (Å²) in [6, 6.07) is 12.1. The zero-order valence-electron chi connectivity index (χ0n) is 35.9. The molecule has 7 aliphatic rings. The Balaban J connectivity index is 1.17. The summed E-state index contributed by atoms with van der Waals surface area (Å²) in [6.07, 6.45) is 0.968. The average Bonchev–Trinajstić information content (AvgIpc) is 3.76. The molecule has 2 fully saturated rings. The summed E-state index contributed by atoms with van der Waals surface area (Å²) in [6.45, 7) is 5.15. The molecule has 7 aliphatic heterocycles. The predicted molar refractivity (Wildman–Crippen MR) is 235 cm³/mol. The highest BCUT2D eigenvalue weighted by Gasteiger charge is 2.62. The molecule has 64 heavy (non-hydrogen) atoms. The van der Waals surface area contributed by atoms with Crippen molar-refractivity contribution in [2.24, 2.45) is 0 Å². The SMILES string of the molecule is COc1cc2c(cc1OC(=O)c1cccc(Br)c1)CCN[C@]21CS[C@@H]2c3c(OC(C)=O)c(C)c4c(c3[C@H](COC1=O)N1[C@@H]2[C@H]2c3c(cc(C)c(OC)c3O)C[C@@H]([C@@H]1C#N)N2C)OCO4. The number of aromatic hydroxyl groups is 1. The normalized spacial score (nSPS) is 26.4. The fraction of sp³-hybridized carbons (Fsp3) is 0.404. The minimum absolute atomic E-state index is 0.0256. The van der Waals surface area contributed by atoms with Gasteiger partial charge >= 0.3 is 17.9 Å². The molecule has 332 valence electrons. The first kappa shape index (κ1) is 42.4. The number of ether oxygens (including phenoxy) is 7. The molecule has 4 bridgehead atoms. The summed E-state index contributed by atoms with van der Waals surface area (Å²) in [5, 5.41) is 26.3. The number of phenols is 1. The Bertz CT molecular complexity index is 2730. The third-order valence-corrected chi connectivity index (χ3v) is 15.6. The number of nitriles is 1. The predicted octanol–water partition coefficient (Wildman–Crippen LogP) is 6.26. The van der Waals surface area contributed by atoms with Gasteiger partial charge in [0.15, 0.2) is 40.0 Å². The molecule has 0 saturated carbocycles. The van der Waals surface area contributed by atoms with E-state index in [2.05, 4.69) is 37.1 Å². The van der Waals surface area contributed by atoms with Crippen LogP contribution >= 0.6 is 27.7 Å². The van der Waals surface area contributed by atoms with E-state index in [0.29, 0.717) is 75.8 Å². The van der Waals surface area contributed by atoms with Gasteiger partial charge in [0.05, 0.1) is 43.2 Å². The lowest BCUT2D eigenvalue weighted by atomic mass is 9.71. The van der Waals surface area contributed by atoms with Gasteiger partial charge in [0.2, 0.25) is 6.79 Å². The number of nitrogens with one attached hydrogen (secondary N) is 1. The van der Waals surface area contributed by atoms with Crippen molar-refractivity contribution in [3.63, 3.8) is 0 Å². The lowest BCUT2D eigenvalue weighted by molar-refractivity contribution is -0.157. The first-order chi connectivity index (χ1) is 30.8. The van der Waals surface area contributed by atoms with Gasteiger partial charge in [0, 0.05) is 58.0 Å². The van der Waals surface area contributed by atoms with Crippen LogP contribution in [0, 0.1) is 25.2 Å². The minimum Gasteiger partial charge on any atom is -0.504 e. The van der Waals surface area contributed by atoms with Crippen molar-refractivity contribution >= 4 is 45.6 Å². The number of likely N-dealkylation sites (N-methyl/N-ethyl adjacent to an activating group) is 1. The molecule has 2 saturated heterocycles. The number of fused-ring (bicyclic) bond motifs is 9. The maximum Gasteiger partial charge on any atom is 0.343 e. The quantitative estimate of drug-likeness (QED) is 0.169. The van der Waals surface area contributed by atoms with Crippen LogP contribution in [0.3, 0.4) is 0 Å². The number of phenolic OH excluding ortho intramolecular Hbond substituents is 1. The van der Waals surface area contributed by atoms with E-state index < -0.39 is 52.9 Å². The average molecular weight is 954 g/mol. The van der Waals surface area contributed by atoms with Crippen LogP contribution in [0.15, 0.2) is 46.9 Å². The number of esters is 3. The second kappa shape index (κ2) is 15.9. The van der Waals surface area contributed by atoms with Gasteiger partial charge in [-0.15, -0.1) is 11.8 Å². The molecule has 15 nitrogen and oxygen atoms in total. The number of halogens is 1. The maximum absolute atomic E-state index is 15.1. The molecular weight excluding hydrogens is 909 g/mol. The monoisotopic (exact) mass is 952 g/mol. The summed E-state index contributed by atoms with van der Waals surface area (Å²) in [7, 11) is 4.99. The van der Waals surface area contributed by atoms with Gasteiger partial charge in [-0.05, 0) is 86.3 Å². The zero-order valence-corrected chi connectivity index (χ0v) is 38.3. The van der Waals surface area contributed by atoms with E-state index in [4.69, 9.17) is 33.2 Å². The highest BCUT2D eigenvalue weighted by molar-refractivity contribution is 9.10. The first-order valence-electron chi connectivity index (χ1n) is 21.0. The largest absolute Gasteiger partial charge is 0.504 e. The van der Waals surface area contributed by atoms with Crippen LogP contribution in [-0.4, -0.2) is 97.9 Å². The highest BCUT2D eigenvalue weighted by atomic mass is 79.9. The summed E-state index contributed by atoms with van der Waals surface area (Å²) in [4.78, 5) is 45.9. The second-order valence-corrected chi connectivity index (χ2v) is 19.0. The van der Waals surface area contributed by atoms with Crippen LogP contribution < -0.4 is 33.7 Å². The lowest BCUT2D eigenvalue weighted by Crippen LogP contribution is -2.69. The number of piperazine rings is 1. The van der Waals surface area contributed by atoms with Crippen LogP contribution in [0.2, 0.25) is 0 Å². The Morgan fingerprint density at radius 3 is 2.53 bits per heavy atom. The number of rotatable bonds is 5. The molecule has 0 aromatic heterocycles. The van der Waals surface area contributed by atoms with Gasteiger partial charge in [-0.3, -0.25) is 19.9 Å². The molecule has 0 amide bonds. The van der Waals surface area contributed by atoms with E-state index in [1.807, 2.05) is 33.0 Å². The third kappa shape index (κ3) is 6.28.